The van der Waals surface area contributed by atoms with E-state index >= 15 is 0 Å². The molecule has 0 saturated heterocycles. The Morgan fingerprint density at radius 1 is 1.41 bits per heavy atom. The molecule has 1 atom stereocenters. The number of aromatic nitrogens is 2. The maximum Gasteiger partial charge on any atom is 0.151 e. The van der Waals surface area contributed by atoms with Crippen LogP contribution in [0.25, 0.3) is 10.6 Å². The van der Waals surface area contributed by atoms with Gasteiger partial charge >= 0.3 is 0 Å². The summed E-state index contributed by atoms with van der Waals surface area (Å²) in [5, 5.41) is 9.60. The van der Waals surface area contributed by atoms with Crippen LogP contribution in [-0.4, -0.2) is 10.2 Å². The molecule has 0 bridgehead atoms. The summed E-state index contributed by atoms with van der Waals surface area (Å²) in [6.45, 7) is 2.06. The highest BCUT2D eigenvalue weighted by molar-refractivity contribution is 9.10. The molecule has 0 saturated carbocycles. The molecule has 90 valence electrons. The van der Waals surface area contributed by atoms with E-state index < -0.39 is 0 Å². The first kappa shape index (κ1) is 13.1. The van der Waals surface area contributed by atoms with Crippen molar-refractivity contribution < 1.29 is 4.39 Å². The fourth-order valence-corrected chi connectivity index (χ4v) is 3.34. The van der Waals surface area contributed by atoms with Crippen LogP contribution in [0.4, 0.5) is 4.39 Å². The highest BCUT2D eigenvalue weighted by atomic mass is 79.9. The lowest BCUT2D eigenvalue weighted by molar-refractivity contribution is 0.630. The molecule has 0 N–H and O–H groups in total. The number of rotatable bonds is 3. The highest BCUT2D eigenvalue weighted by Gasteiger charge is 2.17. The van der Waals surface area contributed by atoms with Crippen LogP contribution in [0.2, 0.25) is 0 Å². The number of alkyl halides is 1. The molecule has 0 aliphatic heterocycles. The van der Waals surface area contributed by atoms with Crippen LogP contribution >= 0.6 is 43.2 Å². The van der Waals surface area contributed by atoms with Crippen LogP contribution in [-0.2, 0) is 0 Å². The predicted molar refractivity (Wildman–Crippen MR) is 75.0 cm³/mol. The van der Waals surface area contributed by atoms with Gasteiger partial charge in [-0.3, -0.25) is 0 Å². The molecule has 6 heteroatoms. The Morgan fingerprint density at radius 2 is 2.18 bits per heavy atom. The second-order valence-electron chi connectivity index (χ2n) is 3.42. The van der Waals surface area contributed by atoms with Crippen molar-refractivity contribution in [3.63, 3.8) is 0 Å². The molecular formula is C11H9Br2FN2S. The molecule has 0 fully saturated rings. The van der Waals surface area contributed by atoms with E-state index in [1.165, 1.54) is 17.4 Å². The van der Waals surface area contributed by atoms with Crippen molar-refractivity contribution in [2.45, 2.75) is 18.2 Å². The van der Waals surface area contributed by atoms with Crippen LogP contribution in [0.1, 0.15) is 23.2 Å². The average Bonchev–Trinajstić information content (AvgIpc) is 2.77. The Bertz CT molecular complexity index is 510. The monoisotopic (exact) mass is 378 g/mol. The van der Waals surface area contributed by atoms with Crippen molar-refractivity contribution >= 4 is 43.2 Å². The van der Waals surface area contributed by atoms with Crippen molar-refractivity contribution in [2.75, 3.05) is 0 Å². The number of halogens is 3. The zero-order valence-electron chi connectivity index (χ0n) is 8.95. The van der Waals surface area contributed by atoms with Gasteiger partial charge in [-0.15, -0.1) is 10.2 Å². The molecular weight excluding hydrogens is 371 g/mol. The molecule has 2 aromatic rings. The van der Waals surface area contributed by atoms with Crippen LogP contribution < -0.4 is 0 Å². The molecule has 0 spiro atoms. The van der Waals surface area contributed by atoms with Gasteiger partial charge in [-0.1, -0.05) is 40.3 Å². The second-order valence-corrected chi connectivity index (χ2v) is 6.39. The van der Waals surface area contributed by atoms with Crippen LogP contribution in [0, 0.1) is 5.82 Å². The molecule has 1 aromatic heterocycles. The third kappa shape index (κ3) is 2.74. The van der Waals surface area contributed by atoms with Gasteiger partial charge in [-0.05, 0) is 34.5 Å². The maximum absolute atomic E-state index is 13.7. The zero-order valence-corrected chi connectivity index (χ0v) is 12.9. The molecule has 1 aromatic carbocycles. The summed E-state index contributed by atoms with van der Waals surface area (Å²) in [5.41, 5.74) is 0.479. The molecule has 2 nitrogen and oxygen atoms in total. The fraction of sp³-hybridized carbons (Fsp3) is 0.273. The van der Waals surface area contributed by atoms with E-state index in [1.807, 2.05) is 0 Å². The van der Waals surface area contributed by atoms with E-state index in [2.05, 4.69) is 49.0 Å². The number of nitrogens with zero attached hydrogens (tertiary/aromatic N) is 2. The molecule has 1 heterocycles. The summed E-state index contributed by atoms with van der Waals surface area (Å²) < 4.78 is 14.4. The summed E-state index contributed by atoms with van der Waals surface area (Å²) in [6.07, 6.45) is 0.924. The standard InChI is InChI=1S/C11H9Br2FN2S/c1-2-6(12)10-15-16-11(17-10)9-7(13)4-3-5-8(9)14/h3-6H,2H2,1H3. The third-order valence-corrected chi connectivity index (χ3v) is 5.34. The Kier molecular flexibility index (Phi) is 4.27. The number of benzene rings is 1. The quantitative estimate of drug-likeness (QED) is 0.705. The Labute approximate surface area is 120 Å². The normalized spacial score (nSPS) is 12.7. The number of hydrogen-bond donors (Lipinski definition) is 0. The Morgan fingerprint density at radius 3 is 2.82 bits per heavy atom. The molecule has 0 aliphatic rings. The molecule has 0 amide bonds. The molecule has 2 rings (SSSR count). The zero-order chi connectivity index (χ0) is 12.4. The summed E-state index contributed by atoms with van der Waals surface area (Å²) in [7, 11) is 0. The minimum atomic E-state index is -0.287. The lowest BCUT2D eigenvalue weighted by Gasteiger charge is -2.01. The smallest absolute Gasteiger partial charge is 0.151 e. The first-order valence-corrected chi connectivity index (χ1v) is 7.57. The van der Waals surface area contributed by atoms with Gasteiger partial charge in [0.05, 0.1) is 10.4 Å². The van der Waals surface area contributed by atoms with Crippen molar-refractivity contribution in [2.24, 2.45) is 0 Å². The Hall–Kier alpha value is -0.330. The molecule has 0 aliphatic carbocycles. The minimum absolute atomic E-state index is 0.180. The van der Waals surface area contributed by atoms with E-state index in [1.54, 1.807) is 12.1 Å². The highest BCUT2D eigenvalue weighted by Crippen LogP contribution is 2.36. The van der Waals surface area contributed by atoms with Crippen molar-refractivity contribution in [3.8, 4) is 10.6 Å². The van der Waals surface area contributed by atoms with Crippen LogP contribution in [0.3, 0.4) is 0 Å². The van der Waals surface area contributed by atoms with Gasteiger partial charge in [0.2, 0.25) is 0 Å². The third-order valence-electron chi connectivity index (χ3n) is 2.24. The van der Waals surface area contributed by atoms with E-state index in [9.17, 15) is 4.39 Å². The SMILES string of the molecule is CCC(Br)c1nnc(-c2c(F)cccc2Br)s1. The van der Waals surface area contributed by atoms with E-state index in [4.69, 9.17) is 0 Å². The lowest BCUT2D eigenvalue weighted by Crippen LogP contribution is -1.85. The van der Waals surface area contributed by atoms with Gasteiger partial charge in [0, 0.05) is 4.47 Å². The minimum Gasteiger partial charge on any atom is -0.206 e. The van der Waals surface area contributed by atoms with Gasteiger partial charge in [0.1, 0.15) is 10.8 Å². The van der Waals surface area contributed by atoms with E-state index in [-0.39, 0.29) is 10.6 Å². The van der Waals surface area contributed by atoms with Crippen LogP contribution in [0.15, 0.2) is 22.7 Å². The van der Waals surface area contributed by atoms with Crippen molar-refractivity contribution in [1.82, 2.24) is 10.2 Å². The van der Waals surface area contributed by atoms with Crippen molar-refractivity contribution in [3.05, 3.63) is 33.5 Å². The van der Waals surface area contributed by atoms with Gasteiger partial charge in [-0.2, -0.15) is 0 Å². The van der Waals surface area contributed by atoms with Gasteiger partial charge in [0.25, 0.3) is 0 Å². The van der Waals surface area contributed by atoms with E-state index in [0.29, 0.717) is 15.0 Å². The maximum atomic E-state index is 13.7. The van der Waals surface area contributed by atoms with Gasteiger partial charge in [0.15, 0.2) is 5.01 Å². The molecule has 0 radical (unpaired) electrons. The first-order chi connectivity index (χ1) is 8.13. The predicted octanol–water partition coefficient (Wildman–Crippen LogP) is 4.95. The van der Waals surface area contributed by atoms with Gasteiger partial charge in [-0.25, -0.2) is 4.39 Å². The van der Waals surface area contributed by atoms with Crippen molar-refractivity contribution in [1.29, 1.82) is 0 Å². The largest absolute Gasteiger partial charge is 0.206 e. The second kappa shape index (κ2) is 5.54. The van der Waals surface area contributed by atoms with Crippen LogP contribution in [0.5, 0.6) is 0 Å². The first-order valence-electron chi connectivity index (χ1n) is 5.05. The Balaban J connectivity index is 2.44. The summed E-state index contributed by atoms with van der Waals surface area (Å²) >= 11 is 8.25. The summed E-state index contributed by atoms with van der Waals surface area (Å²) in [6, 6.07) is 4.88. The fourth-order valence-electron chi connectivity index (χ4n) is 1.34. The van der Waals surface area contributed by atoms with E-state index in [0.717, 1.165) is 11.4 Å². The number of hydrogen-bond acceptors (Lipinski definition) is 3. The van der Waals surface area contributed by atoms with Gasteiger partial charge < -0.3 is 0 Å². The lowest BCUT2D eigenvalue weighted by atomic mass is 10.2. The summed E-state index contributed by atoms with van der Waals surface area (Å²) in [4.78, 5) is 0.180. The average molecular weight is 380 g/mol. The molecule has 17 heavy (non-hydrogen) atoms. The topological polar surface area (TPSA) is 25.8 Å². The summed E-state index contributed by atoms with van der Waals surface area (Å²) in [5.74, 6) is -0.287. The molecule has 1 unspecified atom stereocenters.